The standard InChI is InChI=1S/C15H25N3O/c1-12(2)7-6-8-13(3)9-14(18(5)11-16)10-15(19)17-4/h6-10H,11,16H2,1-5H3,(H,17,19)/b8-6-,13-9+,14-10-. The van der Waals surface area contributed by atoms with Crippen molar-refractivity contribution in [2.45, 2.75) is 20.8 Å². The van der Waals surface area contributed by atoms with Crippen molar-refractivity contribution < 1.29 is 4.79 Å². The number of hydrogen-bond donors (Lipinski definition) is 2. The number of rotatable bonds is 6. The zero-order valence-corrected chi connectivity index (χ0v) is 12.5. The zero-order valence-electron chi connectivity index (χ0n) is 12.5. The minimum absolute atomic E-state index is 0.146. The second-order valence-electron chi connectivity index (χ2n) is 4.56. The monoisotopic (exact) mass is 263 g/mol. The van der Waals surface area contributed by atoms with Crippen molar-refractivity contribution in [1.29, 1.82) is 0 Å². The highest BCUT2D eigenvalue weighted by Gasteiger charge is 2.02. The molecule has 0 aromatic heterocycles. The van der Waals surface area contributed by atoms with Crippen LogP contribution in [0, 0.1) is 0 Å². The van der Waals surface area contributed by atoms with E-state index in [2.05, 4.69) is 5.32 Å². The molecule has 4 heteroatoms. The van der Waals surface area contributed by atoms with Crippen molar-refractivity contribution in [1.82, 2.24) is 10.2 Å². The van der Waals surface area contributed by atoms with Crippen LogP contribution in [-0.2, 0) is 4.79 Å². The lowest BCUT2D eigenvalue weighted by Crippen LogP contribution is -2.26. The van der Waals surface area contributed by atoms with Crippen LogP contribution in [0.3, 0.4) is 0 Å². The molecule has 3 N–H and O–H groups in total. The topological polar surface area (TPSA) is 58.4 Å². The van der Waals surface area contributed by atoms with E-state index in [0.717, 1.165) is 11.3 Å². The first-order valence-corrected chi connectivity index (χ1v) is 6.25. The van der Waals surface area contributed by atoms with Crippen LogP contribution in [0.25, 0.3) is 0 Å². The first-order valence-electron chi connectivity index (χ1n) is 6.25. The molecular weight excluding hydrogens is 238 g/mol. The van der Waals surface area contributed by atoms with Gasteiger partial charge in [-0.1, -0.05) is 23.8 Å². The average Bonchev–Trinajstić information content (AvgIpc) is 2.36. The molecule has 4 nitrogen and oxygen atoms in total. The van der Waals surface area contributed by atoms with Crippen LogP contribution in [0.15, 0.2) is 47.2 Å². The van der Waals surface area contributed by atoms with Crippen LogP contribution >= 0.6 is 0 Å². The van der Waals surface area contributed by atoms with Gasteiger partial charge in [0.05, 0.1) is 6.67 Å². The van der Waals surface area contributed by atoms with E-state index in [9.17, 15) is 4.79 Å². The number of nitrogens with one attached hydrogen (secondary N) is 1. The highest BCUT2D eigenvalue weighted by molar-refractivity contribution is 5.88. The molecule has 0 saturated carbocycles. The molecule has 0 radical (unpaired) electrons. The Morgan fingerprint density at radius 1 is 1.26 bits per heavy atom. The number of allylic oxidation sites excluding steroid dienone is 6. The summed E-state index contributed by atoms with van der Waals surface area (Å²) >= 11 is 0. The van der Waals surface area contributed by atoms with E-state index < -0.39 is 0 Å². The Hall–Kier alpha value is -1.81. The fraction of sp³-hybridized carbons (Fsp3) is 0.400. The van der Waals surface area contributed by atoms with E-state index in [-0.39, 0.29) is 5.91 Å². The summed E-state index contributed by atoms with van der Waals surface area (Å²) in [6, 6.07) is 0. The maximum absolute atomic E-state index is 11.4. The Balaban J connectivity index is 5.09. The van der Waals surface area contributed by atoms with Crippen molar-refractivity contribution in [2.24, 2.45) is 5.73 Å². The van der Waals surface area contributed by atoms with Crippen LogP contribution in [0.2, 0.25) is 0 Å². The highest BCUT2D eigenvalue weighted by atomic mass is 16.1. The lowest BCUT2D eigenvalue weighted by atomic mass is 10.2. The molecule has 0 heterocycles. The van der Waals surface area contributed by atoms with E-state index in [1.165, 1.54) is 11.6 Å². The summed E-state index contributed by atoms with van der Waals surface area (Å²) in [4.78, 5) is 13.2. The van der Waals surface area contributed by atoms with E-state index in [1.54, 1.807) is 7.05 Å². The van der Waals surface area contributed by atoms with Gasteiger partial charge in [-0.3, -0.25) is 4.79 Å². The number of nitrogens with two attached hydrogens (primary N) is 1. The van der Waals surface area contributed by atoms with Gasteiger partial charge < -0.3 is 16.0 Å². The molecule has 0 rings (SSSR count). The van der Waals surface area contributed by atoms with Crippen molar-refractivity contribution in [3.8, 4) is 0 Å². The predicted octanol–water partition coefficient (Wildman–Crippen LogP) is 1.93. The number of carbonyl (C=O) groups is 1. The number of hydrogen-bond acceptors (Lipinski definition) is 3. The summed E-state index contributed by atoms with van der Waals surface area (Å²) < 4.78 is 0. The number of likely N-dealkylation sites (N-methyl/N-ethyl adjacent to an activating group) is 2. The Bertz CT molecular complexity index is 413. The van der Waals surface area contributed by atoms with Gasteiger partial charge in [0, 0.05) is 25.9 Å². The fourth-order valence-corrected chi connectivity index (χ4v) is 1.25. The third-order valence-electron chi connectivity index (χ3n) is 2.40. The van der Waals surface area contributed by atoms with Gasteiger partial charge in [-0.15, -0.1) is 0 Å². The van der Waals surface area contributed by atoms with E-state index in [4.69, 9.17) is 5.73 Å². The Morgan fingerprint density at radius 3 is 2.37 bits per heavy atom. The molecule has 106 valence electrons. The molecular formula is C15H25N3O. The van der Waals surface area contributed by atoms with Crippen molar-refractivity contribution in [2.75, 3.05) is 20.8 Å². The van der Waals surface area contributed by atoms with Gasteiger partial charge >= 0.3 is 0 Å². The number of nitrogens with zero attached hydrogens (tertiary/aromatic N) is 1. The summed E-state index contributed by atoms with van der Waals surface area (Å²) in [5.74, 6) is -0.146. The third kappa shape index (κ3) is 8.00. The van der Waals surface area contributed by atoms with Gasteiger partial charge in [-0.05, 0) is 32.4 Å². The molecule has 0 bridgehead atoms. The van der Waals surface area contributed by atoms with Gasteiger partial charge in [-0.25, -0.2) is 0 Å². The molecule has 0 atom stereocenters. The van der Waals surface area contributed by atoms with Crippen LogP contribution in [0.1, 0.15) is 20.8 Å². The second-order valence-corrected chi connectivity index (χ2v) is 4.56. The third-order valence-corrected chi connectivity index (χ3v) is 2.40. The van der Waals surface area contributed by atoms with Gasteiger partial charge in [-0.2, -0.15) is 0 Å². The van der Waals surface area contributed by atoms with Crippen molar-refractivity contribution in [3.05, 3.63) is 47.2 Å². The largest absolute Gasteiger partial charge is 0.362 e. The quantitative estimate of drug-likeness (QED) is 0.437. The molecule has 0 spiro atoms. The smallest absolute Gasteiger partial charge is 0.245 e. The summed E-state index contributed by atoms with van der Waals surface area (Å²) in [6.45, 7) is 6.42. The van der Waals surface area contributed by atoms with Gasteiger partial charge in [0.1, 0.15) is 0 Å². The summed E-state index contributed by atoms with van der Waals surface area (Å²) in [6.07, 6.45) is 9.48. The molecule has 0 unspecified atom stereocenters. The molecule has 0 aromatic carbocycles. The number of carbonyl (C=O) groups excluding carboxylic acids is 1. The molecule has 0 fully saturated rings. The molecule has 19 heavy (non-hydrogen) atoms. The fourth-order valence-electron chi connectivity index (χ4n) is 1.25. The average molecular weight is 263 g/mol. The maximum Gasteiger partial charge on any atom is 0.245 e. The van der Waals surface area contributed by atoms with Crippen LogP contribution in [-0.4, -0.2) is 31.6 Å². The molecule has 0 aliphatic carbocycles. The minimum Gasteiger partial charge on any atom is -0.362 e. The van der Waals surface area contributed by atoms with Gasteiger partial charge in [0.2, 0.25) is 5.91 Å². The zero-order chi connectivity index (χ0) is 14.8. The molecule has 0 saturated heterocycles. The van der Waals surface area contributed by atoms with Crippen molar-refractivity contribution in [3.63, 3.8) is 0 Å². The van der Waals surface area contributed by atoms with E-state index in [0.29, 0.717) is 6.67 Å². The normalized spacial score (nSPS) is 12.5. The Kier molecular flexibility index (Phi) is 8.29. The van der Waals surface area contributed by atoms with E-state index in [1.807, 2.05) is 57.0 Å². The molecule has 0 aliphatic rings. The summed E-state index contributed by atoms with van der Waals surface area (Å²) in [5, 5.41) is 2.57. The summed E-state index contributed by atoms with van der Waals surface area (Å²) in [5.41, 5.74) is 8.67. The highest BCUT2D eigenvalue weighted by Crippen LogP contribution is 2.07. The maximum atomic E-state index is 11.4. The molecule has 0 aliphatic heterocycles. The first-order chi connectivity index (χ1) is 8.90. The van der Waals surface area contributed by atoms with Gasteiger partial charge in [0.15, 0.2) is 0 Å². The lowest BCUT2D eigenvalue weighted by Gasteiger charge is -2.18. The number of amides is 1. The van der Waals surface area contributed by atoms with Gasteiger partial charge in [0.25, 0.3) is 0 Å². The Labute approximate surface area is 116 Å². The van der Waals surface area contributed by atoms with Crippen molar-refractivity contribution >= 4 is 5.91 Å². The predicted molar refractivity (Wildman–Crippen MR) is 81.3 cm³/mol. The van der Waals surface area contributed by atoms with Crippen LogP contribution < -0.4 is 11.1 Å². The first kappa shape index (κ1) is 17.2. The minimum atomic E-state index is -0.146. The second kappa shape index (κ2) is 9.16. The van der Waals surface area contributed by atoms with E-state index >= 15 is 0 Å². The lowest BCUT2D eigenvalue weighted by molar-refractivity contribution is -0.116. The van der Waals surface area contributed by atoms with Crippen LogP contribution in [0.5, 0.6) is 0 Å². The Morgan fingerprint density at radius 2 is 1.89 bits per heavy atom. The molecule has 1 amide bonds. The molecule has 0 aromatic rings. The summed E-state index contributed by atoms with van der Waals surface area (Å²) in [7, 11) is 3.45. The van der Waals surface area contributed by atoms with Crippen LogP contribution in [0.4, 0.5) is 0 Å². The SMILES string of the molecule is CNC(=O)/C=C(/C=C(C)/C=C\C=C(C)C)N(C)CN.